The Balaban J connectivity index is 2.14. The number of hydrogen-bond acceptors (Lipinski definition) is 8. The number of benzene rings is 1. The van der Waals surface area contributed by atoms with E-state index in [1.807, 2.05) is 6.92 Å². The van der Waals surface area contributed by atoms with Crippen molar-refractivity contribution >= 4 is 55.8 Å². The molecule has 12 heteroatoms. The quantitative estimate of drug-likeness (QED) is 0.544. The molecule has 0 radical (unpaired) electrons. The van der Waals surface area contributed by atoms with Gasteiger partial charge in [-0.25, -0.2) is 23.1 Å². The average Bonchev–Trinajstić information content (AvgIpc) is 3.00. The van der Waals surface area contributed by atoms with Crippen LogP contribution in [-0.2, 0) is 30.7 Å². The third kappa shape index (κ3) is 6.03. The number of sulfonamides is 1. The molecule has 1 aromatic carbocycles. The molecule has 1 aromatic heterocycles. The van der Waals surface area contributed by atoms with Crippen LogP contribution in [0.5, 0.6) is 0 Å². The van der Waals surface area contributed by atoms with Crippen LogP contribution in [0, 0.1) is 6.92 Å². The molecule has 31 heavy (non-hydrogen) atoms. The molecular formula is C19H21ClN2O7S2. The SMILES string of the molecule is CCOC(=O)c1c(NC(=O)COC(=O)c2cc(S(N)(=O)=O)ccc2Cl)sc(CC)c1C. The Hall–Kier alpha value is -2.47. The fourth-order valence-corrected chi connectivity index (χ4v) is 4.53. The molecule has 0 atom stereocenters. The van der Waals surface area contributed by atoms with E-state index in [-0.39, 0.29) is 27.7 Å². The van der Waals surface area contributed by atoms with Crippen LogP contribution in [0.15, 0.2) is 23.1 Å². The molecule has 9 nitrogen and oxygen atoms in total. The molecule has 0 saturated carbocycles. The summed E-state index contributed by atoms with van der Waals surface area (Å²) in [7, 11) is -4.06. The molecule has 0 aliphatic rings. The molecule has 0 unspecified atom stereocenters. The number of carbonyl (C=O) groups excluding carboxylic acids is 3. The number of anilines is 1. The predicted molar refractivity (Wildman–Crippen MR) is 116 cm³/mol. The maximum atomic E-state index is 12.3. The Kier molecular flexibility index (Phi) is 8.18. The van der Waals surface area contributed by atoms with Crippen molar-refractivity contribution in [1.82, 2.24) is 0 Å². The standard InChI is InChI=1S/C19H21ClN2O7S2/c1-4-14-10(3)16(19(25)28-5-2)17(30-14)22-15(23)9-29-18(24)12-8-11(31(21,26)27)6-7-13(12)20/h6-8H,4-5,9H2,1-3H3,(H,22,23)(H2,21,26,27). The van der Waals surface area contributed by atoms with E-state index in [4.69, 9.17) is 26.2 Å². The highest BCUT2D eigenvalue weighted by Crippen LogP contribution is 2.34. The maximum Gasteiger partial charge on any atom is 0.341 e. The number of nitrogens with one attached hydrogen (secondary N) is 1. The smallest absolute Gasteiger partial charge is 0.341 e. The van der Waals surface area contributed by atoms with E-state index in [0.29, 0.717) is 17.0 Å². The van der Waals surface area contributed by atoms with Crippen LogP contribution in [0.1, 0.15) is 45.0 Å². The first kappa shape index (κ1) is 24.8. The van der Waals surface area contributed by atoms with E-state index >= 15 is 0 Å². The Morgan fingerprint density at radius 1 is 1.16 bits per heavy atom. The zero-order valence-corrected chi connectivity index (χ0v) is 19.4. The summed E-state index contributed by atoms with van der Waals surface area (Å²) >= 11 is 7.15. The fraction of sp³-hybridized carbons (Fsp3) is 0.316. The second-order valence-corrected chi connectivity index (χ2v) is 9.31. The first-order chi connectivity index (χ1) is 14.5. The largest absolute Gasteiger partial charge is 0.462 e. The molecule has 0 bridgehead atoms. The summed E-state index contributed by atoms with van der Waals surface area (Å²) in [4.78, 5) is 37.4. The lowest BCUT2D eigenvalue weighted by molar-refractivity contribution is -0.119. The summed E-state index contributed by atoms with van der Waals surface area (Å²) in [6, 6.07) is 3.29. The lowest BCUT2D eigenvalue weighted by Gasteiger charge is -2.09. The number of carbonyl (C=O) groups is 3. The van der Waals surface area contributed by atoms with Crippen LogP contribution in [0.25, 0.3) is 0 Å². The summed E-state index contributed by atoms with van der Waals surface area (Å²) in [5.74, 6) is -2.26. The van der Waals surface area contributed by atoms with E-state index in [1.54, 1.807) is 13.8 Å². The lowest BCUT2D eigenvalue weighted by atomic mass is 10.1. The van der Waals surface area contributed by atoms with Crippen molar-refractivity contribution in [3.8, 4) is 0 Å². The van der Waals surface area contributed by atoms with Gasteiger partial charge in [-0.1, -0.05) is 18.5 Å². The topological polar surface area (TPSA) is 142 Å². The van der Waals surface area contributed by atoms with Gasteiger partial charge in [0.1, 0.15) is 5.00 Å². The Morgan fingerprint density at radius 3 is 2.42 bits per heavy atom. The number of thiophene rings is 1. The highest BCUT2D eigenvalue weighted by Gasteiger charge is 2.24. The monoisotopic (exact) mass is 488 g/mol. The summed E-state index contributed by atoms with van der Waals surface area (Å²) < 4.78 is 32.9. The number of rotatable bonds is 8. The molecule has 2 aromatic rings. The molecule has 0 saturated heterocycles. The molecule has 168 valence electrons. The number of primary sulfonamides is 1. The van der Waals surface area contributed by atoms with Crippen LogP contribution < -0.4 is 10.5 Å². The number of aryl methyl sites for hydroxylation is 1. The van der Waals surface area contributed by atoms with Crippen LogP contribution >= 0.6 is 22.9 Å². The zero-order chi connectivity index (χ0) is 23.3. The van der Waals surface area contributed by atoms with Crippen molar-refractivity contribution in [1.29, 1.82) is 0 Å². The first-order valence-electron chi connectivity index (χ1n) is 9.08. The maximum absolute atomic E-state index is 12.3. The van der Waals surface area contributed by atoms with E-state index in [1.165, 1.54) is 17.4 Å². The molecule has 0 aliphatic heterocycles. The number of halogens is 1. The van der Waals surface area contributed by atoms with Gasteiger partial charge in [0.2, 0.25) is 10.0 Å². The normalized spacial score (nSPS) is 11.1. The minimum absolute atomic E-state index is 0.0659. The van der Waals surface area contributed by atoms with Gasteiger partial charge in [0.15, 0.2) is 6.61 Å². The van der Waals surface area contributed by atoms with Crippen LogP contribution in [0.2, 0.25) is 5.02 Å². The van der Waals surface area contributed by atoms with Crippen LogP contribution in [0.4, 0.5) is 5.00 Å². The van der Waals surface area contributed by atoms with Gasteiger partial charge in [0.25, 0.3) is 5.91 Å². The van der Waals surface area contributed by atoms with Crippen molar-refractivity contribution in [3.63, 3.8) is 0 Å². The zero-order valence-electron chi connectivity index (χ0n) is 17.0. The van der Waals surface area contributed by atoms with E-state index in [0.717, 1.165) is 17.0 Å². The van der Waals surface area contributed by atoms with Crippen molar-refractivity contribution in [2.24, 2.45) is 5.14 Å². The van der Waals surface area contributed by atoms with Crippen LogP contribution in [0.3, 0.4) is 0 Å². The summed E-state index contributed by atoms with van der Waals surface area (Å²) in [6.07, 6.45) is 0.659. The summed E-state index contributed by atoms with van der Waals surface area (Å²) in [6.45, 7) is 4.85. The van der Waals surface area contributed by atoms with E-state index in [9.17, 15) is 22.8 Å². The second-order valence-electron chi connectivity index (χ2n) is 6.24. The minimum atomic E-state index is -4.06. The number of hydrogen-bond donors (Lipinski definition) is 2. The molecular weight excluding hydrogens is 468 g/mol. The Morgan fingerprint density at radius 2 is 1.84 bits per heavy atom. The van der Waals surface area contributed by atoms with Gasteiger partial charge in [0.05, 0.1) is 27.7 Å². The third-order valence-corrected chi connectivity index (χ3v) is 6.71. The Bertz CT molecular complexity index is 1130. The van der Waals surface area contributed by atoms with E-state index in [2.05, 4.69) is 5.32 Å². The van der Waals surface area contributed by atoms with Gasteiger partial charge in [-0.3, -0.25) is 4.79 Å². The molecule has 0 spiro atoms. The fourth-order valence-electron chi connectivity index (χ4n) is 2.64. The second kappa shape index (κ2) is 10.2. The average molecular weight is 489 g/mol. The van der Waals surface area contributed by atoms with Gasteiger partial charge < -0.3 is 14.8 Å². The highest BCUT2D eigenvalue weighted by atomic mass is 35.5. The Labute approximate surface area is 188 Å². The molecule has 0 fully saturated rings. The van der Waals surface area contributed by atoms with Gasteiger partial charge in [-0.2, -0.15) is 0 Å². The predicted octanol–water partition coefficient (Wildman–Crippen LogP) is 2.89. The molecule has 3 N–H and O–H groups in total. The first-order valence-corrected chi connectivity index (χ1v) is 11.8. The number of nitrogens with two attached hydrogens (primary N) is 1. The summed E-state index contributed by atoms with van der Waals surface area (Å²) in [5.41, 5.74) is 0.713. The van der Waals surface area contributed by atoms with Gasteiger partial charge in [-0.15, -0.1) is 11.3 Å². The third-order valence-electron chi connectivity index (χ3n) is 4.12. The van der Waals surface area contributed by atoms with Crippen molar-refractivity contribution in [2.45, 2.75) is 32.1 Å². The van der Waals surface area contributed by atoms with Crippen molar-refractivity contribution < 1.29 is 32.3 Å². The minimum Gasteiger partial charge on any atom is -0.462 e. The van der Waals surface area contributed by atoms with E-state index < -0.39 is 34.5 Å². The van der Waals surface area contributed by atoms with Crippen molar-refractivity contribution in [2.75, 3.05) is 18.5 Å². The molecule has 0 aliphatic carbocycles. The highest BCUT2D eigenvalue weighted by molar-refractivity contribution is 7.89. The van der Waals surface area contributed by atoms with Gasteiger partial charge >= 0.3 is 11.9 Å². The number of amides is 1. The van der Waals surface area contributed by atoms with Gasteiger partial charge in [-0.05, 0) is 44.0 Å². The van der Waals surface area contributed by atoms with Gasteiger partial charge in [0, 0.05) is 4.88 Å². The molecule has 1 amide bonds. The molecule has 1 heterocycles. The number of ether oxygens (including phenoxy) is 2. The number of esters is 2. The van der Waals surface area contributed by atoms with Crippen LogP contribution in [-0.4, -0.2) is 39.5 Å². The van der Waals surface area contributed by atoms with Crippen molar-refractivity contribution in [3.05, 3.63) is 44.8 Å². The lowest BCUT2D eigenvalue weighted by Crippen LogP contribution is -2.22. The summed E-state index contributed by atoms with van der Waals surface area (Å²) in [5, 5.41) is 7.83. The molecule has 2 rings (SSSR count).